The molecule has 0 N–H and O–H groups in total. The van der Waals surface area contributed by atoms with Crippen molar-refractivity contribution in [3.8, 4) is 32.3 Å². The zero-order valence-electron chi connectivity index (χ0n) is 17.0. The molecule has 0 fully saturated rings. The zero-order chi connectivity index (χ0) is 22.0. The Balaban J connectivity index is 1.99. The fraction of sp³-hybridized carbons (Fsp3) is 0.136. The molecule has 4 rings (SSSR count). The molecule has 0 aliphatic rings. The number of thiophene rings is 1. The van der Waals surface area contributed by atoms with E-state index in [0.29, 0.717) is 22.5 Å². The van der Waals surface area contributed by atoms with Gasteiger partial charge in [0.1, 0.15) is 0 Å². The minimum atomic E-state index is -0.442. The van der Waals surface area contributed by atoms with Crippen LogP contribution in [0.3, 0.4) is 0 Å². The highest BCUT2D eigenvalue weighted by Crippen LogP contribution is 2.44. The molecule has 2 heterocycles. The molecule has 0 aliphatic carbocycles. The first-order valence-corrected chi connectivity index (χ1v) is 10.1. The van der Waals surface area contributed by atoms with E-state index in [-0.39, 0.29) is 0 Å². The molecule has 2 aromatic carbocycles. The Morgan fingerprint density at radius 1 is 0.871 bits per heavy atom. The Bertz CT molecular complexity index is 1280. The number of methoxy groups -OCH3 is 2. The Labute approximate surface area is 182 Å². The summed E-state index contributed by atoms with van der Waals surface area (Å²) in [5.41, 5.74) is 3.03. The van der Waals surface area contributed by atoms with Gasteiger partial charge in [-0.25, -0.2) is 14.3 Å². The molecule has 156 valence electrons. The van der Waals surface area contributed by atoms with Crippen molar-refractivity contribution in [3.63, 3.8) is 0 Å². The van der Waals surface area contributed by atoms with Gasteiger partial charge in [-0.05, 0) is 28.6 Å². The highest BCUT2D eigenvalue weighted by molar-refractivity contribution is 7.19. The molecule has 0 spiro atoms. The fourth-order valence-electron chi connectivity index (χ4n) is 3.30. The van der Waals surface area contributed by atoms with Crippen molar-refractivity contribution in [2.24, 2.45) is 7.05 Å². The third-order valence-corrected chi connectivity index (χ3v) is 5.97. The number of aromatic nitrogens is 4. The Morgan fingerprint density at radius 2 is 1.45 bits per heavy atom. The summed E-state index contributed by atoms with van der Waals surface area (Å²) in [4.78, 5) is 26.3. The number of ether oxygens (including phenoxy) is 2. The lowest BCUT2D eigenvalue weighted by Crippen LogP contribution is -2.03. The van der Waals surface area contributed by atoms with Gasteiger partial charge in [-0.1, -0.05) is 36.4 Å². The summed E-state index contributed by atoms with van der Waals surface area (Å²) >= 11 is 1.43. The lowest BCUT2D eigenvalue weighted by atomic mass is 10.0. The number of hydrogen-bond donors (Lipinski definition) is 0. The molecule has 31 heavy (non-hydrogen) atoms. The van der Waals surface area contributed by atoms with Crippen molar-refractivity contribution in [2.45, 2.75) is 0 Å². The molecule has 0 saturated heterocycles. The number of carbonyl (C=O) groups is 2. The van der Waals surface area contributed by atoms with Crippen LogP contribution >= 0.6 is 11.3 Å². The van der Waals surface area contributed by atoms with Crippen LogP contribution in [0.2, 0.25) is 0 Å². The van der Waals surface area contributed by atoms with Crippen LogP contribution in [-0.2, 0) is 16.5 Å². The van der Waals surface area contributed by atoms with E-state index in [9.17, 15) is 9.59 Å². The number of benzene rings is 2. The predicted molar refractivity (Wildman–Crippen MR) is 116 cm³/mol. The molecule has 0 aliphatic heterocycles. The van der Waals surface area contributed by atoms with Crippen LogP contribution in [0.1, 0.15) is 20.7 Å². The van der Waals surface area contributed by atoms with Crippen molar-refractivity contribution in [1.29, 1.82) is 0 Å². The molecule has 4 aromatic rings. The zero-order valence-corrected chi connectivity index (χ0v) is 17.8. The lowest BCUT2D eigenvalue weighted by molar-refractivity contribution is 0.0592. The van der Waals surface area contributed by atoms with E-state index in [2.05, 4.69) is 15.5 Å². The highest BCUT2D eigenvalue weighted by Gasteiger charge is 2.24. The summed E-state index contributed by atoms with van der Waals surface area (Å²) in [6.45, 7) is 0. The standard InChI is InChI=1S/C22H18N4O4S/c1-26-20(23-24-25-26)17-12-18(13-8-4-6-10-15(13)21(27)29-2)31-19(17)14-9-5-7-11-16(14)22(28)30-3/h4-12H,1-3H3. The highest BCUT2D eigenvalue weighted by atomic mass is 32.1. The molecule has 0 amide bonds. The molecule has 0 radical (unpaired) electrons. The van der Waals surface area contributed by atoms with Crippen LogP contribution in [0.25, 0.3) is 32.3 Å². The number of carbonyl (C=O) groups excluding carboxylic acids is 2. The minimum Gasteiger partial charge on any atom is -0.465 e. The molecule has 0 atom stereocenters. The first-order chi connectivity index (χ1) is 15.0. The molecular formula is C22H18N4O4S. The maximum Gasteiger partial charge on any atom is 0.338 e. The number of nitrogens with zero attached hydrogens (tertiary/aromatic N) is 4. The topological polar surface area (TPSA) is 96.2 Å². The minimum absolute atomic E-state index is 0.427. The largest absolute Gasteiger partial charge is 0.465 e. The molecule has 9 heteroatoms. The van der Waals surface area contributed by atoms with Crippen LogP contribution in [0.4, 0.5) is 0 Å². The van der Waals surface area contributed by atoms with Gasteiger partial charge in [0, 0.05) is 33.5 Å². The number of tetrazole rings is 1. The van der Waals surface area contributed by atoms with Gasteiger partial charge in [0.05, 0.1) is 25.3 Å². The summed E-state index contributed by atoms with van der Waals surface area (Å²) < 4.78 is 11.5. The quantitative estimate of drug-likeness (QED) is 0.440. The van der Waals surface area contributed by atoms with Gasteiger partial charge in [0.15, 0.2) is 5.82 Å². The second-order valence-corrected chi connectivity index (χ2v) is 7.61. The first-order valence-electron chi connectivity index (χ1n) is 9.27. The van der Waals surface area contributed by atoms with Gasteiger partial charge < -0.3 is 9.47 Å². The number of rotatable bonds is 5. The summed E-state index contributed by atoms with van der Waals surface area (Å²) in [7, 11) is 4.44. The van der Waals surface area contributed by atoms with E-state index >= 15 is 0 Å². The van der Waals surface area contributed by atoms with Crippen LogP contribution in [0.15, 0.2) is 54.6 Å². The van der Waals surface area contributed by atoms with Crippen LogP contribution < -0.4 is 0 Å². The Hall–Kier alpha value is -3.85. The second-order valence-electron chi connectivity index (χ2n) is 6.55. The van der Waals surface area contributed by atoms with E-state index in [4.69, 9.17) is 9.47 Å². The molecule has 8 nitrogen and oxygen atoms in total. The summed E-state index contributed by atoms with van der Waals surface area (Å²) in [5, 5.41) is 11.8. The SMILES string of the molecule is COC(=O)c1ccccc1-c1cc(-c2nnnn2C)c(-c2ccccc2C(=O)OC)s1. The van der Waals surface area contributed by atoms with E-state index < -0.39 is 11.9 Å². The normalized spacial score (nSPS) is 10.7. The fourth-order valence-corrected chi connectivity index (χ4v) is 4.54. The van der Waals surface area contributed by atoms with Gasteiger partial charge in [-0.2, -0.15) is 0 Å². The molecule has 0 saturated carbocycles. The molecular weight excluding hydrogens is 416 g/mol. The van der Waals surface area contributed by atoms with Gasteiger partial charge >= 0.3 is 11.9 Å². The summed E-state index contributed by atoms with van der Waals surface area (Å²) in [6.07, 6.45) is 0. The van der Waals surface area contributed by atoms with E-state index in [1.807, 2.05) is 30.3 Å². The van der Waals surface area contributed by atoms with Gasteiger partial charge in [0.25, 0.3) is 0 Å². The van der Waals surface area contributed by atoms with Crippen molar-refractivity contribution < 1.29 is 19.1 Å². The Morgan fingerprint density at radius 3 is 2.03 bits per heavy atom. The van der Waals surface area contributed by atoms with Crippen LogP contribution in [0.5, 0.6) is 0 Å². The van der Waals surface area contributed by atoms with Gasteiger partial charge in [-0.15, -0.1) is 16.4 Å². The smallest absolute Gasteiger partial charge is 0.338 e. The predicted octanol–water partition coefficient (Wildman–Crippen LogP) is 3.85. The van der Waals surface area contributed by atoms with Gasteiger partial charge in [0.2, 0.25) is 0 Å². The summed E-state index contributed by atoms with van der Waals surface area (Å²) in [5.74, 6) is -0.336. The summed E-state index contributed by atoms with van der Waals surface area (Å²) in [6, 6.07) is 16.3. The van der Waals surface area contributed by atoms with E-state index in [1.165, 1.54) is 25.6 Å². The third-order valence-electron chi connectivity index (χ3n) is 4.77. The number of esters is 2. The average molecular weight is 434 g/mol. The van der Waals surface area contributed by atoms with Gasteiger partial charge in [-0.3, -0.25) is 0 Å². The van der Waals surface area contributed by atoms with E-state index in [0.717, 1.165) is 20.9 Å². The second kappa shape index (κ2) is 8.49. The van der Waals surface area contributed by atoms with Crippen LogP contribution in [0, 0.1) is 0 Å². The molecule has 0 unspecified atom stereocenters. The lowest BCUT2D eigenvalue weighted by Gasteiger charge is -2.08. The van der Waals surface area contributed by atoms with Crippen molar-refractivity contribution in [3.05, 3.63) is 65.7 Å². The van der Waals surface area contributed by atoms with Crippen molar-refractivity contribution >= 4 is 23.3 Å². The van der Waals surface area contributed by atoms with Crippen LogP contribution in [-0.4, -0.2) is 46.4 Å². The maximum absolute atomic E-state index is 12.4. The first kappa shape index (κ1) is 20.4. The van der Waals surface area contributed by atoms with Crippen molar-refractivity contribution in [1.82, 2.24) is 20.2 Å². The third kappa shape index (κ3) is 3.71. The molecule has 0 bridgehead atoms. The number of aryl methyl sites for hydroxylation is 1. The molecule has 2 aromatic heterocycles. The monoisotopic (exact) mass is 434 g/mol. The number of hydrogen-bond acceptors (Lipinski definition) is 8. The Kier molecular flexibility index (Phi) is 5.59. The van der Waals surface area contributed by atoms with Crippen molar-refractivity contribution in [2.75, 3.05) is 14.2 Å². The van der Waals surface area contributed by atoms with E-state index in [1.54, 1.807) is 36.0 Å². The maximum atomic E-state index is 12.4. The average Bonchev–Trinajstić information content (AvgIpc) is 3.44.